The van der Waals surface area contributed by atoms with Crippen LogP contribution < -0.4 is 0 Å². The van der Waals surface area contributed by atoms with Gasteiger partial charge in [-0.25, -0.2) is 4.98 Å². The lowest BCUT2D eigenvalue weighted by molar-refractivity contribution is 0.186. The molecule has 0 saturated heterocycles. The van der Waals surface area contributed by atoms with E-state index in [-0.39, 0.29) is 0 Å². The van der Waals surface area contributed by atoms with Gasteiger partial charge < -0.3 is 13.8 Å². The number of hydrogen-bond acceptors (Lipinski definition) is 6. The SMILES string of the molecule is COCCn1c(SCc2noc(CC(C)C)n2)nc2cc(Cl)ccc21. The largest absolute Gasteiger partial charge is 0.383 e. The molecule has 6 nitrogen and oxygen atoms in total. The fourth-order valence-electron chi connectivity index (χ4n) is 2.50. The Hall–Kier alpha value is -1.57. The number of methoxy groups -OCH3 is 1. The molecule has 3 aromatic rings. The van der Waals surface area contributed by atoms with Crippen LogP contribution in [0.1, 0.15) is 25.6 Å². The van der Waals surface area contributed by atoms with Crippen molar-refractivity contribution in [2.45, 2.75) is 37.7 Å². The second-order valence-electron chi connectivity index (χ2n) is 6.16. The van der Waals surface area contributed by atoms with Crippen molar-refractivity contribution in [2.24, 2.45) is 5.92 Å². The van der Waals surface area contributed by atoms with Gasteiger partial charge in [-0.05, 0) is 24.1 Å². The van der Waals surface area contributed by atoms with Crippen LogP contribution in [0.4, 0.5) is 0 Å². The third-order valence-electron chi connectivity index (χ3n) is 3.62. The Bertz CT molecular complexity index is 846. The van der Waals surface area contributed by atoms with Gasteiger partial charge in [-0.15, -0.1) is 0 Å². The van der Waals surface area contributed by atoms with E-state index in [2.05, 4.69) is 28.6 Å². The topological polar surface area (TPSA) is 66.0 Å². The van der Waals surface area contributed by atoms with Crippen molar-refractivity contribution >= 4 is 34.4 Å². The lowest BCUT2D eigenvalue weighted by atomic mass is 10.1. The summed E-state index contributed by atoms with van der Waals surface area (Å²) in [6.07, 6.45) is 0.794. The summed E-state index contributed by atoms with van der Waals surface area (Å²) in [5.74, 6) is 2.46. The summed E-state index contributed by atoms with van der Waals surface area (Å²) in [6, 6.07) is 5.74. The minimum absolute atomic E-state index is 0.490. The summed E-state index contributed by atoms with van der Waals surface area (Å²) in [7, 11) is 1.69. The van der Waals surface area contributed by atoms with Crippen molar-refractivity contribution in [3.63, 3.8) is 0 Å². The van der Waals surface area contributed by atoms with E-state index in [0.29, 0.717) is 35.0 Å². The van der Waals surface area contributed by atoms with E-state index in [1.165, 1.54) is 0 Å². The van der Waals surface area contributed by atoms with Gasteiger partial charge in [0.15, 0.2) is 11.0 Å². The summed E-state index contributed by atoms with van der Waals surface area (Å²) < 4.78 is 12.7. The van der Waals surface area contributed by atoms with Gasteiger partial charge in [-0.3, -0.25) is 0 Å². The highest BCUT2D eigenvalue weighted by atomic mass is 35.5. The number of fused-ring (bicyclic) bond motifs is 1. The number of aromatic nitrogens is 4. The first-order valence-electron chi connectivity index (χ1n) is 8.15. The fourth-order valence-corrected chi connectivity index (χ4v) is 3.55. The van der Waals surface area contributed by atoms with Crippen molar-refractivity contribution in [3.05, 3.63) is 34.9 Å². The highest BCUT2D eigenvalue weighted by Gasteiger charge is 2.14. The molecule has 0 atom stereocenters. The maximum absolute atomic E-state index is 6.09. The van der Waals surface area contributed by atoms with Gasteiger partial charge in [0.05, 0.1) is 23.4 Å². The van der Waals surface area contributed by atoms with Crippen molar-refractivity contribution in [3.8, 4) is 0 Å². The average Bonchev–Trinajstić information content (AvgIpc) is 3.14. The predicted molar refractivity (Wildman–Crippen MR) is 99.0 cm³/mol. The second kappa shape index (κ2) is 8.21. The molecule has 0 aliphatic rings. The molecule has 2 heterocycles. The number of benzene rings is 1. The Morgan fingerprint density at radius 2 is 2.16 bits per heavy atom. The molecule has 0 spiro atoms. The lowest BCUT2D eigenvalue weighted by Crippen LogP contribution is -2.05. The molecule has 0 aliphatic carbocycles. The third kappa shape index (κ3) is 4.54. The summed E-state index contributed by atoms with van der Waals surface area (Å²) in [5.41, 5.74) is 1.91. The highest BCUT2D eigenvalue weighted by molar-refractivity contribution is 7.98. The van der Waals surface area contributed by atoms with Gasteiger partial charge in [0, 0.05) is 25.1 Å². The van der Waals surface area contributed by atoms with E-state index in [0.717, 1.165) is 29.2 Å². The van der Waals surface area contributed by atoms with Crippen molar-refractivity contribution in [1.29, 1.82) is 0 Å². The highest BCUT2D eigenvalue weighted by Crippen LogP contribution is 2.28. The molecule has 134 valence electrons. The molecule has 0 aliphatic heterocycles. The van der Waals surface area contributed by atoms with Crippen LogP contribution in [0.3, 0.4) is 0 Å². The van der Waals surface area contributed by atoms with E-state index in [1.54, 1.807) is 18.9 Å². The molecular weight excluding hydrogens is 360 g/mol. The van der Waals surface area contributed by atoms with Crippen molar-refractivity contribution in [1.82, 2.24) is 19.7 Å². The molecule has 0 amide bonds. The summed E-state index contributed by atoms with van der Waals surface area (Å²) in [6.45, 7) is 5.59. The van der Waals surface area contributed by atoms with Crippen LogP contribution in [0.5, 0.6) is 0 Å². The van der Waals surface area contributed by atoms with E-state index < -0.39 is 0 Å². The molecular formula is C17H21ClN4O2S. The Labute approximate surface area is 155 Å². The molecule has 0 fully saturated rings. The van der Waals surface area contributed by atoms with Crippen LogP contribution in [0.2, 0.25) is 5.02 Å². The minimum atomic E-state index is 0.490. The van der Waals surface area contributed by atoms with Crippen LogP contribution in [-0.2, 0) is 23.5 Å². The van der Waals surface area contributed by atoms with E-state index >= 15 is 0 Å². The molecule has 1 aromatic carbocycles. The molecule has 0 unspecified atom stereocenters. The normalized spacial score (nSPS) is 11.7. The van der Waals surface area contributed by atoms with E-state index in [9.17, 15) is 0 Å². The zero-order chi connectivity index (χ0) is 17.8. The van der Waals surface area contributed by atoms with E-state index in [4.69, 9.17) is 25.8 Å². The van der Waals surface area contributed by atoms with Crippen LogP contribution >= 0.6 is 23.4 Å². The fraction of sp³-hybridized carbons (Fsp3) is 0.471. The standard InChI is InChI=1S/C17H21ClN4O2S/c1-11(2)8-16-20-15(21-24-16)10-25-17-19-13-9-12(18)4-5-14(13)22(17)6-7-23-3/h4-5,9,11H,6-8,10H2,1-3H3. The van der Waals surface area contributed by atoms with Gasteiger partial charge >= 0.3 is 0 Å². The number of thioether (sulfide) groups is 1. The van der Waals surface area contributed by atoms with Crippen LogP contribution in [0.15, 0.2) is 27.9 Å². The van der Waals surface area contributed by atoms with Crippen molar-refractivity contribution in [2.75, 3.05) is 13.7 Å². The Kier molecular flexibility index (Phi) is 5.98. The molecule has 3 rings (SSSR count). The third-order valence-corrected chi connectivity index (χ3v) is 4.83. The molecule has 0 radical (unpaired) electrons. The molecule has 2 aromatic heterocycles. The number of halogens is 1. The number of ether oxygens (including phenoxy) is 1. The number of nitrogens with zero attached hydrogens (tertiary/aromatic N) is 4. The predicted octanol–water partition coefficient (Wildman–Crippen LogP) is 4.21. The Morgan fingerprint density at radius 1 is 1.32 bits per heavy atom. The molecule has 0 saturated carbocycles. The van der Waals surface area contributed by atoms with Crippen LogP contribution in [-0.4, -0.2) is 33.4 Å². The average molecular weight is 381 g/mol. The van der Waals surface area contributed by atoms with Gasteiger partial charge in [-0.1, -0.05) is 42.4 Å². The zero-order valence-corrected chi connectivity index (χ0v) is 16.1. The first-order valence-corrected chi connectivity index (χ1v) is 9.52. The molecule has 8 heteroatoms. The maximum Gasteiger partial charge on any atom is 0.226 e. The lowest BCUT2D eigenvalue weighted by Gasteiger charge is -2.07. The number of imidazole rings is 1. The van der Waals surface area contributed by atoms with Gasteiger partial charge in [0.25, 0.3) is 0 Å². The van der Waals surface area contributed by atoms with Crippen LogP contribution in [0, 0.1) is 5.92 Å². The summed E-state index contributed by atoms with van der Waals surface area (Å²) >= 11 is 7.67. The smallest absolute Gasteiger partial charge is 0.226 e. The first-order chi connectivity index (χ1) is 12.1. The minimum Gasteiger partial charge on any atom is -0.383 e. The Balaban J connectivity index is 1.78. The molecule has 25 heavy (non-hydrogen) atoms. The summed E-state index contributed by atoms with van der Waals surface area (Å²) in [5, 5.41) is 5.63. The quantitative estimate of drug-likeness (QED) is 0.545. The number of hydrogen-bond donors (Lipinski definition) is 0. The van der Waals surface area contributed by atoms with Gasteiger partial charge in [0.2, 0.25) is 5.89 Å². The second-order valence-corrected chi connectivity index (χ2v) is 7.54. The van der Waals surface area contributed by atoms with Crippen molar-refractivity contribution < 1.29 is 9.26 Å². The van der Waals surface area contributed by atoms with Gasteiger partial charge in [-0.2, -0.15) is 4.98 Å². The van der Waals surface area contributed by atoms with E-state index in [1.807, 2.05) is 18.2 Å². The maximum atomic E-state index is 6.09. The summed E-state index contributed by atoms with van der Waals surface area (Å²) in [4.78, 5) is 9.14. The monoisotopic (exact) mass is 380 g/mol. The zero-order valence-electron chi connectivity index (χ0n) is 14.5. The van der Waals surface area contributed by atoms with Crippen LogP contribution in [0.25, 0.3) is 11.0 Å². The number of rotatable bonds is 8. The Morgan fingerprint density at radius 3 is 2.92 bits per heavy atom. The molecule has 0 bridgehead atoms. The molecule has 0 N–H and O–H groups in total. The first kappa shape index (κ1) is 18.2. The van der Waals surface area contributed by atoms with Gasteiger partial charge in [0.1, 0.15) is 0 Å².